The zero-order valence-electron chi connectivity index (χ0n) is 9.45. The van der Waals surface area contributed by atoms with Gasteiger partial charge in [0.25, 0.3) is 0 Å². The van der Waals surface area contributed by atoms with Crippen LogP contribution >= 0.6 is 0 Å². The normalized spacial score (nSPS) is 12.9. The van der Waals surface area contributed by atoms with Crippen LogP contribution in [0.25, 0.3) is 0 Å². The van der Waals surface area contributed by atoms with Crippen molar-refractivity contribution in [1.82, 2.24) is 0 Å². The minimum atomic E-state index is -1.21. The van der Waals surface area contributed by atoms with Gasteiger partial charge in [-0.15, -0.1) is 0 Å². The third-order valence-corrected chi connectivity index (χ3v) is 2.14. The first-order chi connectivity index (χ1) is 8.00. The van der Waals surface area contributed by atoms with E-state index >= 15 is 0 Å². The number of rotatable bonds is 6. The lowest BCUT2D eigenvalue weighted by Crippen LogP contribution is -3.00. The standard InChI is InChI=1S/C11H13NO5.ClH/c12-8(10(13)14)6-9(11(15)16)17-7-4-2-1-3-5-7;/h1-5,8-9H,6,12H2,(H,13,14)(H,15,16);1H/t8-,9+;/m1./s1. The van der Waals surface area contributed by atoms with Gasteiger partial charge in [0.05, 0.1) is 6.42 Å². The molecule has 0 aliphatic heterocycles. The fourth-order valence-electron chi connectivity index (χ4n) is 1.22. The van der Waals surface area contributed by atoms with E-state index in [0.717, 1.165) is 0 Å². The molecule has 0 unspecified atom stereocenters. The second kappa shape index (κ2) is 7.52. The van der Waals surface area contributed by atoms with Crippen LogP contribution in [0.5, 0.6) is 5.75 Å². The Morgan fingerprint density at radius 3 is 2.17 bits per heavy atom. The molecule has 0 saturated heterocycles. The molecule has 1 aromatic carbocycles. The molecular formula is C11H14ClNO5. The molecule has 0 saturated carbocycles. The zero-order valence-corrected chi connectivity index (χ0v) is 10.2. The third-order valence-electron chi connectivity index (χ3n) is 2.14. The summed E-state index contributed by atoms with van der Waals surface area (Å²) < 4.78 is 5.19. The van der Waals surface area contributed by atoms with E-state index in [4.69, 9.17) is 14.9 Å². The molecule has 0 fully saturated rings. The molecule has 0 bridgehead atoms. The van der Waals surface area contributed by atoms with Crippen molar-refractivity contribution in [3.05, 3.63) is 30.3 Å². The van der Waals surface area contributed by atoms with Gasteiger partial charge in [-0.3, -0.25) is 0 Å². The molecule has 1 rings (SSSR count). The van der Waals surface area contributed by atoms with Crippen LogP contribution in [0.1, 0.15) is 6.42 Å². The van der Waals surface area contributed by atoms with Gasteiger partial charge in [0.1, 0.15) is 5.75 Å². The minimum Gasteiger partial charge on any atom is -1.00 e. The molecular weight excluding hydrogens is 262 g/mol. The van der Waals surface area contributed by atoms with Gasteiger partial charge < -0.3 is 33.1 Å². The summed E-state index contributed by atoms with van der Waals surface area (Å²) in [5.41, 5.74) is 3.36. The van der Waals surface area contributed by atoms with Gasteiger partial charge in [0.15, 0.2) is 6.04 Å². The maximum absolute atomic E-state index is 10.9. The van der Waals surface area contributed by atoms with E-state index in [0.29, 0.717) is 5.75 Å². The fraction of sp³-hybridized carbons (Fsp3) is 0.273. The van der Waals surface area contributed by atoms with Crippen LogP contribution in [0.3, 0.4) is 0 Å². The summed E-state index contributed by atoms with van der Waals surface area (Å²) >= 11 is 0. The third kappa shape index (κ3) is 5.03. The zero-order chi connectivity index (χ0) is 12.8. The molecule has 0 amide bonds. The second-order valence-electron chi connectivity index (χ2n) is 3.53. The Morgan fingerprint density at radius 1 is 1.17 bits per heavy atom. The van der Waals surface area contributed by atoms with E-state index in [1.165, 1.54) is 0 Å². The van der Waals surface area contributed by atoms with Crippen LogP contribution in [0.15, 0.2) is 30.3 Å². The molecule has 0 spiro atoms. The summed E-state index contributed by atoms with van der Waals surface area (Å²) in [6, 6.07) is 7.37. The van der Waals surface area contributed by atoms with Crippen LogP contribution in [-0.4, -0.2) is 34.3 Å². The number of para-hydroxylation sites is 1. The van der Waals surface area contributed by atoms with Gasteiger partial charge in [0, 0.05) is 0 Å². The Morgan fingerprint density at radius 2 is 1.72 bits per heavy atom. The highest BCUT2D eigenvalue weighted by Crippen LogP contribution is 2.13. The molecule has 0 aromatic heterocycles. The van der Waals surface area contributed by atoms with Crippen LogP contribution < -0.4 is 22.9 Å². The first-order valence-electron chi connectivity index (χ1n) is 5.01. The van der Waals surface area contributed by atoms with E-state index in [1.54, 1.807) is 30.3 Å². The van der Waals surface area contributed by atoms with E-state index < -0.39 is 24.1 Å². The lowest BCUT2D eigenvalue weighted by atomic mass is 10.1. The molecule has 0 radical (unpaired) electrons. The highest BCUT2D eigenvalue weighted by atomic mass is 35.5. The first-order valence-corrected chi connectivity index (χ1v) is 5.01. The Labute approximate surface area is 110 Å². The van der Waals surface area contributed by atoms with E-state index in [-0.39, 0.29) is 18.8 Å². The van der Waals surface area contributed by atoms with Crippen molar-refractivity contribution >= 4 is 11.9 Å². The number of carboxylic acids is 2. The maximum atomic E-state index is 10.9. The van der Waals surface area contributed by atoms with E-state index in [9.17, 15) is 9.59 Å². The average Bonchev–Trinajstić information content (AvgIpc) is 2.29. The van der Waals surface area contributed by atoms with E-state index in [2.05, 4.69) is 5.73 Å². The number of carbonyl (C=O) groups is 2. The van der Waals surface area contributed by atoms with Gasteiger partial charge in [-0.1, -0.05) is 18.2 Å². The molecule has 18 heavy (non-hydrogen) atoms. The summed E-state index contributed by atoms with van der Waals surface area (Å²) in [6.07, 6.45) is -1.39. The van der Waals surface area contributed by atoms with Crippen LogP contribution in [0, 0.1) is 0 Å². The lowest BCUT2D eigenvalue weighted by molar-refractivity contribution is -0.410. The number of ether oxygens (including phenoxy) is 1. The summed E-state index contributed by atoms with van der Waals surface area (Å²) in [4.78, 5) is 21.5. The predicted octanol–water partition coefficient (Wildman–Crippen LogP) is -3.39. The topological polar surface area (TPSA) is 111 Å². The quantitative estimate of drug-likeness (QED) is 0.501. The number of benzene rings is 1. The Balaban J connectivity index is 0.00000289. The Hall–Kier alpha value is -1.79. The Kier molecular flexibility index (Phi) is 6.77. The lowest BCUT2D eigenvalue weighted by Gasteiger charge is -2.15. The van der Waals surface area contributed by atoms with Crippen molar-refractivity contribution in [2.45, 2.75) is 18.6 Å². The second-order valence-corrected chi connectivity index (χ2v) is 3.53. The van der Waals surface area contributed by atoms with Crippen molar-refractivity contribution in [2.24, 2.45) is 0 Å². The summed E-state index contributed by atoms with van der Waals surface area (Å²) in [5.74, 6) is -1.96. The fourth-order valence-corrected chi connectivity index (χ4v) is 1.22. The first kappa shape index (κ1) is 16.2. The summed E-state index contributed by atoms with van der Waals surface area (Å²) in [7, 11) is 0. The van der Waals surface area contributed by atoms with Gasteiger partial charge >= 0.3 is 11.9 Å². The molecule has 5 N–H and O–H groups in total. The number of halogens is 1. The van der Waals surface area contributed by atoms with Gasteiger partial charge in [0.2, 0.25) is 6.10 Å². The van der Waals surface area contributed by atoms with Gasteiger partial charge in [-0.25, -0.2) is 9.59 Å². The molecule has 2 atom stereocenters. The molecule has 7 heteroatoms. The van der Waals surface area contributed by atoms with Gasteiger partial charge in [-0.2, -0.15) is 0 Å². The smallest absolute Gasteiger partial charge is 0.362 e. The number of hydrogen-bond donors (Lipinski definition) is 3. The average molecular weight is 276 g/mol. The monoisotopic (exact) mass is 275 g/mol. The minimum absolute atomic E-state index is 0. The largest absolute Gasteiger partial charge is 1.00 e. The van der Waals surface area contributed by atoms with Crippen LogP contribution in [0.4, 0.5) is 0 Å². The van der Waals surface area contributed by atoms with Gasteiger partial charge in [-0.05, 0) is 12.1 Å². The number of aliphatic carboxylic acids is 2. The molecule has 0 aliphatic carbocycles. The highest BCUT2D eigenvalue weighted by Gasteiger charge is 2.28. The predicted molar refractivity (Wildman–Crippen MR) is 57.4 cm³/mol. The van der Waals surface area contributed by atoms with Crippen molar-refractivity contribution in [2.75, 3.05) is 0 Å². The van der Waals surface area contributed by atoms with Crippen LogP contribution in [-0.2, 0) is 9.59 Å². The number of quaternary nitrogens is 1. The number of hydrogen-bond acceptors (Lipinski definition) is 3. The highest BCUT2D eigenvalue weighted by molar-refractivity contribution is 5.76. The van der Waals surface area contributed by atoms with Crippen LogP contribution in [0.2, 0.25) is 0 Å². The van der Waals surface area contributed by atoms with Crippen molar-refractivity contribution in [1.29, 1.82) is 0 Å². The van der Waals surface area contributed by atoms with Crippen molar-refractivity contribution < 1.29 is 42.7 Å². The molecule has 0 heterocycles. The summed E-state index contributed by atoms with van der Waals surface area (Å²) in [5, 5.41) is 17.6. The Bertz CT molecular complexity index is 398. The SMILES string of the molecule is [Cl-].[NH3+][C@H](C[C@H](Oc1ccccc1)C(=O)O)C(=O)O. The molecule has 1 aromatic rings. The number of carboxylic acid groups (broad SMARTS) is 2. The molecule has 0 aliphatic rings. The maximum Gasteiger partial charge on any atom is 0.362 e. The van der Waals surface area contributed by atoms with E-state index in [1.807, 2.05) is 0 Å². The van der Waals surface area contributed by atoms with Crippen molar-refractivity contribution in [3.63, 3.8) is 0 Å². The molecule has 100 valence electrons. The summed E-state index contributed by atoms with van der Waals surface area (Å²) in [6.45, 7) is 0. The van der Waals surface area contributed by atoms with Crippen molar-refractivity contribution in [3.8, 4) is 5.75 Å². The molecule has 6 nitrogen and oxygen atoms in total.